The topological polar surface area (TPSA) is 32.3 Å². The normalized spacial score (nSPS) is 20.6. The Morgan fingerprint density at radius 2 is 2.25 bits per heavy atom. The van der Waals surface area contributed by atoms with Gasteiger partial charge in [0.2, 0.25) is 5.91 Å². The SMILES string of the molecule is CCN1c2ccc(Cl)cc2NC(=O)C12CC2. The molecule has 1 N–H and O–H groups in total. The second-order valence-electron chi connectivity index (χ2n) is 4.39. The average Bonchev–Trinajstić information content (AvgIpc) is 3.02. The van der Waals surface area contributed by atoms with E-state index in [0.717, 1.165) is 30.8 Å². The lowest BCUT2D eigenvalue weighted by atomic mass is 10.1. The molecular weight excluding hydrogens is 224 g/mol. The summed E-state index contributed by atoms with van der Waals surface area (Å²) in [6.45, 7) is 2.93. The van der Waals surface area contributed by atoms with Crippen LogP contribution >= 0.6 is 11.6 Å². The van der Waals surface area contributed by atoms with E-state index in [1.54, 1.807) is 0 Å². The third-order valence-electron chi connectivity index (χ3n) is 3.48. The Morgan fingerprint density at radius 3 is 2.88 bits per heavy atom. The van der Waals surface area contributed by atoms with Crippen molar-refractivity contribution in [3.8, 4) is 0 Å². The number of halogens is 1. The molecule has 0 radical (unpaired) electrons. The van der Waals surface area contributed by atoms with Crippen molar-refractivity contribution >= 4 is 28.9 Å². The highest BCUT2D eigenvalue weighted by Gasteiger charge is 2.56. The van der Waals surface area contributed by atoms with Gasteiger partial charge in [-0.1, -0.05) is 11.6 Å². The Labute approximate surface area is 99.4 Å². The predicted octanol–water partition coefficient (Wildman–Crippen LogP) is 2.65. The Morgan fingerprint density at radius 1 is 1.50 bits per heavy atom. The first-order valence-electron chi connectivity index (χ1n) is 5.56. The van der Waals surface area contributed by atoms with Gasteiger partial charge in [-0.25, -0.2) is 0 Å². The number of nitrogens with zero attached hydrogens (tertiary/aromatic N) is 1. The largest absolute Gasteiger partial charge is 0.356 e. The van der Waals surface area contributed by atoms with Gasteiger partial charge in [0, 0.05) is 11.6 Å². The molecule has 1 aliphatic carbocycles. The first-order chi connectivity index (χ1) is 7.67. The minimum Gasteiger partial charge on any atom is -0.356 e. The maximum Gasteiger partial charge on any atom is 0.250 e. The number of carbonyl (C=O) groups is 1. The van der Waals surface area contributed by atoms with Gasteiger partial charge < -0.3 is 10.2 Å². The fraction of sp³-hybridized carbons (Fsp3) is 0.417. The molecule has 0 saturated heterocycles. The molecule has 3 rings (SSSR count). The van der Waals surface area contributed by atoms with Crippen LogP contribution in [0.5, 0.6) is 0 Å². The van der Waals surface area contributed by atoms with Crippen LogP contribution in [-0.2, 0) is 4.79 Å². The van der Waals surface area contributed by atoms with Gasteiger partial charge in [-0.15, -0.1) is 0 Å². The summed E-state index contributed by atoms with van der Waals surface area (Å²) in [5.74, 6) is 0.115. The van der Waals surface area contributed by atoms with E-state index in [1.807, 2.05) is 18.2 Å². The van der Waals surface area contributed by atoms with Crippen LogP contribution in [0.3, 0.4) is 0 Å². The van der Waals surface area contributed by atoms with E-state index in [4.69, 9.17) is 11.6 Å². The minimum atomic E-state index is -0.268. The van der Waals surface area contributed by atoms with Crippen molar-refractivity contribution in [1.82, 2.24) is 0 Å². The summed E-state index contributed by atoms with van der Waals surface area (Å²) in [7, 11) is 0. The van der Waals surface area contributed by atoms with Gasteiger partial charge in [0.15, 0.2) is 0 Å². The Kier molecular flexibility index (Phi) is 1.96. The first-order valence-corrected chi connectivity index (χ1v) is 5.94. The molecule has 84 valence electrons. The molecule has 2 aliphatic rings. The smallest absolute Gasteiger partial charge is 0.250 e. The van der Waals surface area contributed by atoms with Crippen molar-refractivity contribution in [1.29, 1.82) is 0 Å². The summed E-state index contributed by atoms with van der Waals surface area (Å²) < 4.78 is 0. The van der Waals surface area contributed by atoms with Crippen LogP contribution in [0.15, 0.2) is 18.2 Å². The number of hydrogen-bond acceptors (Lipinski definition) is 2. The van der Waals surface area contributed by atoms with Crippen molar-refractivity contribution < 1.29 is 4.79 Å². The number of amides is 1. The summed E-state index contributed by atoms with van der Waals surface area (Å²) in [6, 6.07) is 5.67. The van der Waals surface area contributed by atoms with Crippen LogP contribution in [0, 0.1) is 0 Å². The van der Waals surface area contributed by atoms with Crippen molar-refractivity contribution in [3.63, 3.8) is 0 Å². The summed E-state index contributed by atoms with van der Waals surface area (Å²) in [5, 5.41) is 3.61. The Hall–Kier alpha value is -1.22. The molecule has 1 spiro atoms. The van der Waals surface area contributed by atoms with Crippen molar-refractivity contribution in [2.24, 2.45) is 0 Å². The fourth-order valence-corrected chi connectivity index (χ4v) is 2.70. The molecule has 0 unspecified atom stereocenters. The lowest BCUT2D eigenvalue weighted by Gasteiger charge is -2.38. The second-order valence-corrected chi connectivity index (χ2v) is 4.83. The zero-order valence-corrected chi connectivity index (χ0v) is 9.84. The lowest BCUT2D eigenvalue weighted by Crippen LogP contribution is -2.50. The number of hydrogen-bond donors (Lipinski definition) is 1. The van der Waals surface area contributed by atoms with E-state index in [0.29, 0.717) is 5.02 Å². The monoisotopic (exact) mass is 236 g/mol. The van der Waals surface area contributed by atoms with E-state index in [1.165, 1.54) is 0 Å². The van der Waals surface area contributed by atoms with Crippen LogP contribution in [0.2, 0.25) is 5.02 Å². The fourth-order valence-electron chi connectivity index (χ4n) is 2.52. The maximum absolute atomic E-state index is 12.0. The van der Waals surface area contributed by atoms with Crippen LogP contribution in [-0.4, -0.2) is 18.0 Å². The number of likely N-dealkylation sites (N-methyl/N-ethyl adjacent to an activating group) is 1. The highest BCUT2D eigenvalue weighted by Crippen LogP contribution is 2.50. The second kappa shape index (κ2) is 3.14. The van der Waals surface area contributed by atoms with Crippen LogP contribution in [0.4, 0.5) is 11.4 Å². The summed E-state index contributed by atoms with van der Waals surface area (Å²) in [4.78, 5) is 14.2. The van der Waals surface area contributed by atoms with E-state index in [-0.39, 0.29) is 11.4 Å². The highest BCUT2D eigenvalue weighted by molar-refractivity contribution is 6.31. The van der Waals surface area contributed by atoms with Crippen LogP contribution in [0.25, 0.3) is 0 Å². The Bertz CT molecular complexity index is 468. The van der Waals surface area contributed by atoms with Gasteiger partial charge >= 0.3 is 0 Å². The van der Waals surface area contributed by atoms with Crippen molar-refractivity contribution in [2.75, 3.05) is 16.8 Å². The zero-order valence-electron chi connectivity index (χ0n) is 9.09. The summed E-state index contributed by atoms with van der Waals surface area (Å²) >= 11 is 5.93. The van der Waals surface area contributed by atoms with Gasteiger partial charge in [-0.2, -0.15) is 0 Å². The van der Waals surface area contributed by atoms with E-state index in [2.05, 4.69) is 17.1 Å². The van der Waals surface area contributed by atoms with Crippen molar-refractivity contribution in [2.45, 2.75) is 25.3 Å². The molecule has 1 aliphatic heterocycles. The molecule has 1 saturated carbocycles. The summed E-state index contributed by atoms with van der Waals surface area (Å²) in [5.41, 5.74) is 1.65. The van der Waals surface area contributed by atoms with Gasteiger partial charge in [0.1, 0.15) is 5.54 Å². The van der Waals surface area contributed by atoms with E-state index in [9.17, 15) is 4.79 Å². The summed E-state index contributed by atoms with van der Waals surface area (Å²) in [6.07, 6.45) is 1.91. The molecular formula is C12H13ClN2O. The first kappa shape index (κ1) is 9.97. The van der Waals surface area contributed by atoms with E-state index < -0.39 is 0 Å². The van der Waals surface area contributed by atoms with Gasteiger partial charge in [-0.05, 0) is 38.0 Å². The maximum atomic E-state index is 12.0. The number of rotatable bonds is 1. The number of nitrogens with one attached hydrogen (secondary N) is 1. The lowest BCUT2D eigenvalue weighted by molar-refractivity contribution is -0.118. The molecule has 1 heterocycles. The minimum absolute atomic E-state index is 0.115. The standard InChI is InChI=1S/C12H13ClN2O/c1-2-15-10-4-3-8(13)7-9(10)14-11(16)12(15)5-6-12/h3-4,7H,2,5-6H2,1H3,(H,14,16). The molecule has 1 aromatic carbocycles. The van der Waals surface area contributed by atoms with Gasteiger partial charge in [0.25, 0.3) is 0 Å². The zero-order chi connectivity index (χ0) is 11.3. The van der Waals surface area contributed by atoms with Crippen molar-refractivity contribution in [3.05, 3.63) is 23.2 Å². The van der Waals surface area contributed by atoms with Gasteiger partial charge in [0.05, 0.1) is 11.4 Å². The molecule has 16 heavy (non-hydrogen) atoms. The van der Waals surface area contributed by atoms with E-state index >= 15 is 0 Å². The average molecular weight is 237 g/mol. The quantitative estimate of drug-likeness (QED) is 0.813. The molecule has 1 aromatic rings. The molecule has 1 fully saturated rings. The number of carbonyl (C=O) groups excluding carboxylic acids is 1. The van der Waals surface area contributed by atoms with Gasteiger partial charge in [-0.3, -0.25) is 4.79 Å². The number of fused-ring (bicyclic) bond motifs is 1. The number of benzene rings is 1. The molecule has 1 amide bonds. The molecule has 4 heteroatoms. The van der Waals surface area contributed by atoms with Crippen LogP contribution < -0.4 is 10.2 Å². The molecule has 0 bridgehead atoms. The van der Waals surface area contributed by atoms with Crippen LogP contribution in [0.1, 0.15) is 19.8 Å². The number of anilines is 2. The molecule has 0 aromatic heterocycles. The third kappa shape index (κ3) is 1.18. The highest BCUT2D eigenvalue weighted by atomic mass is 35.5. The Balaban J connectivity index is 2.13. The molecule has 0 atom stereocenters. The predicted molar refractivity (Wildman–Crippen MR) is 65.1 cm³/mol. The molecule has 3 nitrogen and oxygen atoms in total. The third-order valence-corrected chi connectivity index (χ3v) is 3.71.